The van der Waals surface area contributed by atoms with Crippen LogP contribution < -0.4 is 10.2 Å². The number of benzene rings is 1. The molecule has 1 N–H and O–H groups in total. The Kier molecular flexibility index (Phi) is 6.28. The minimum absolute atomic E-state index is 0.0446. The molecule has 0 saturated heterocycles. The molecule has 0 bridgehead atoms. The second-order valence-corrected chi connectivity index (χ2v) is 11.7. The number of amides is 1. The largest absolute Gasteiger partial charge is 0.416 e. The van der Waals surface area contributed by atoms with Gasteiger partial charge < -0.3 is 9.88 Å². The number of aryl methyl sites for hydroxylation is 2. The lowest BCUT2D eigenvalue weighted by atomic mass is 9.62. The monoisotopic (exact) mass is 556 g/mol. The summed E-state index contributed by atoms with van der Waals surface area (Å²) in [5.41, 5.74) is 0.187. The van der Waals surface area contributed by atoms with Crippen LogP contribution in [0.3, 0.4) is 0 Å². The number of fused-ring (bicyclic) bond motifs is 1. The standard InChI is InChI=1S/C29H32F4N6O/c1-4-20-10-18(28(12-19(30)13-28)26-37-35-16-38(26)3)11-24(36-20)39-15-22-21(25(39)40)8-17(9-23(22)29(31,32)33)14-34-27(2)6-5-7-27/h8-11,16,19,34H,4-7,12-15H2,1-3H3. The van der Waals surface area contributed by atoms with Gasteiger partial charge in [0, 0.05) is 30.4 Å². The molecule has 212 valence electrons. The summed E-state index contributed by atoms with van der Waals surface area (Å²) >= 11 is 0. The number of rotatable bonds is 7. The Morgan fingerprint density at radius 3 is 2.48 bits per heavy atom. The van der Waals surface area contributed by atoms with Gasteiger partial charge in [0.15, 0.2) is 0 Å². The molecule has 40 heavy (non-hydrogen) atoms. The van der Waals surface area contributed by atoms with Gasteiger partial charge in [0.05, 0.1) is 17.5 Å². The SMILES string of the molecule is CCc1cc(C2(c3nncn3C)CC(F)C2)cc(N2Cc3c(cc(CNC4(C)CCC4)cc3C(F)(F)F)C2=O)n1. The van der Waals surface area contributed by atoms with Crippen molar-refractivity contribution in [1.82, 2.24) is 25.1 Å². The van der Waals surface area contributed by atoms with Gasteiger partial charge in [-0.15, -0.1) is 10.2 Å². The van der Waals surface area contributed by atoms with E-state index < -0.39 is 29.2 Å². The van der Waals surface area contributed by atoms with Gasteiger partial charge in [0.2, 0.25) is 0 Å². The van der Waals surface area contributed by atoms with Crippen LogP contribution in [-0.2, 0) is 38.1 Å². The highest BCUT2D eigenvalue weighted by atomic mass is 19.4. The third-order valence-electron chi connectivity index (χ3n) is 8.92. The zero-order chi connectivity index (χ0) is 28.4. The molecule has 2 saturated carbocycles. The Labute approximate surface area is 230 Å². The molecule has 3 aliphatic rings. The van der Waals surface area contributed by atoms with Crippen LogP contribution in [0.5, 0.6) is 0 Å². The van der Waals surface area contributed by atoms with Gasteiger partial charge in [-0.25, -0.2) is 9.37 Å². The second-order valence-electron chi connectivity index (χ2n) is 11.7. The van der Waals surface area contributed by atoms with E-state index in [-0.39, 0.29) is 48.4 Å². The fourth-order valence-electron chi connectivity index (χ4n) is 6.34. The average molecular weight is 557 g/mol. The molecule has 0 spiro atoms. The molecule has 2 aromatic heterocycles. The Bertz CT molecular complexity index is 1470. The maximum Gasteiger partial charge on any atom is 0.416 e. The van der Waals surface area contributed by atoms with E-state index in [9.17, 15) is 22.4 Å². The van der Waals surface area contributed by atoms with E-state index >= 15 is 0 Å². The number of nitrogens with zero attached hydrogens (tertiary/aromatic N) is 5. The summed E-state index contributed by atoms with van der Waals surface area (Å²) in [5.74, 6) is 0.344. The predicted molar refractivity (Wildman–Crippen MR) is 141 cm³/mol. The summed E-state index contributed by atoms with van der Waals surface area (Å²) in [6, 6.07) is 6.32. The molecule has 0 atom stereocenters. The number of alkyl halides is 4. The van der Waals surface area contributed by atoms with E-state index in [1.54, 1.807) is 30.1 Å². The van der Waals surface area contributed by atoms with Crippen molar-refractivity contribution in [3.63, 3.8) is 0 Å². The van der Waals surface area contributed by atoms with Gasteiger partial charge in [-0.3, -0.25) is 9.69 Å². The van der Waals surface area contributed by atoms with Crippen LogP contribution in [0, 0.1) is 0 Å². The lowest BCUT2D eigenvalue weighted by Crippen LogP contribution is -2.47. The molecule has 1 aliphatic heterocycles. The normalized spacial score (nSPS) is 23.6. The van der Waals surface area contributed by atoms with Crippen molar-refractivity contribution >= 4 is 11.7 Å². The number of hydrogen-bond acceptors (Lipinski definition) is 5. The van der Waals surface area contributed by atoms with Gasteiger partial charge in [0.1, 0.15) is 24.1 Å². The molecular formula is C29H32F4N6O. The Balaban J connectivity index is 1.39. The van der Waals surface area contributed by atoms with Crippen LogP contribution in [0.25, 0.3) is 0 Å². The lowest BCUT2D eigenvalue weighted by Gasteiger charge is -2.44. The van der Waals surface area contributed by atoms with E-state index in [4.69, 9.17) is 0 Å². The summed E-state index contributed by atoms with van der Waals surface area (Å²) in [7, 11) is 1.79. The minimum atomic E-state index is -4.61. The zero-order valence-corrected chi connectivity index (χ0v) is 22.8. The molecule has 11 heteroatoms. The predicted octanol–water partition coefficient (Wildman–Crippen LogP) is 5.40. The summed E-state index contributed by atoms with van der Waals surface area (Å²) in [6.07, 6.45) is -0.103. The summed E-state index contributed by atoms with van der Waals surface area (Å²) < 4.78 is 58.8. The fraction of sp³-hybridized carbons (Fsp3) is 0.517. The Morgan fingerprint density at radius 1 is 1.15 bits per heavy atom. The number of nitrogens with one attached hydrogen (secondary N) is 1. The number of carbonyl (C=O) groups excluding carboxylic acids is 1. The smallest absolute Gasteiger partial charge is 0.320 e. The molecule has 7 nitrogen and oxygen atoms in total. The van der Waals surface area contributed by atoms with Crippen molar-refractivity contribution in [1.29, 1.82) is 0 Å². The summed E-state index contributed by atoms with van der Waals surface area (Å²) in [4.78, 5) is 19.6. The Morgan fingerprint density at radius 2 is 1.90 bits per heavy atom. The molecule has 0 unspecified atom stereocenters. The molecule has 1 amide bonds. The summed E-state index contributed by atoms with van der Waals surface area (Å²) in [5, 5.41) is 11.6. The van der Waals surface area contributed by atoms with Gasteiger partial charge in [0.25, 0.3) is 5.91 Å². The first kappa shape index (κ1) is 26.9. The van der Waals surface area contributed by atoms with Crippen molar-refractivity contribution in [2.75, 3.05) is 4.90 Å². The highest BCUT2D eigenvalue weighted by Gasteiger charge is 2.51. The van der Waals surface area contributed by atoms with Crippen molar-refractivity contribution < 1.29 is 22.4 Å². The molecule has 1 aromatic carbocycles. The molecule has 6 rings (SSSR count). The number of pyridine rings is 1. The number of hydrogen-bond donors (Lipinski definition) is 1. The number of aromatic nitrogens is 4. The van der Waals surface area contributed by atoms with Crippen LogP contribution in [-0.4, -0.2) is 37.4 Å². The maximum atomic E-state index is 14.4. The Hall–Kier alpha value is -3.34. The van der Waals surface area contributed by atoms with Gasteiger partial charge in [-0.2, -0.15) is 13.2 Å². The van der Waals surface area contributed by atoms with E-state index in [0.717, 1.165) is 30.9 Å². The molecule has 2 aliphatic carbocycles. The van der Waals surface area contributed by atoms with E-state index in [1.807, 2.05) is 13.0 Å². The number of halogens is 4. The highest BCUT2D eigenvalue weighted by molar-refractivity contribution is 6.10. The van der Waals surface area contributed by atoms with Crippen LogP contribution in [0.2, 0.25) is 0 Å². The molecular weight excluding hydrogens is 524 g/mol. The van der Waals surface area contributed by atoms with Crippen LogP contribution in [0.1, 0.15) is 90.1 Å². The van der Waals surface area contributed by atoms with Crippen molar-refractivity contribution in [2.24, 2.45) is 7.05 Å². The highest BCUT2D eigenvalue weighted by Crippen LogP contribution is 2.50. The van der Waals surface area contributed by atoms with Gasteiger partial charge in [-0.05, 0) is 86.4 Å². The second kappa shape index (κ2) is 9.36. The van der Waals surface area contributed by atoms with E-state index in [1.165, 1.54) is 4.90 Å². The van der Waals surface area contributed by atoms with Crippen molar-refractivity contribution in [3.8, 4) is 0 Å². The maximum absolute atomic E-state index is 14.4. The molecule has 3 heterocycles. The molecule has 3 aromatic rings. The van der Waals surface area contributed by atoms with Crippen LogP contribution in [0.15, 0.2) is 30.6 Å². The number of anilines is 1. The molecule has 0 radical (unpaired) electrons. The first-order chi connectivity index (χ1) is 18.9. The van der Waals surface area contributed by atoms with Gasteiger partial charge >= 0.3 is 6.18 Å². The van der Waals surface area contributed by atoms with E-state index in [2.05, 4.69) is 27.4 Å². The molecule has 2 fully saturated rings. The van der Waals surface area contributed by atoms with Gasteiger partial charge in [-0.1, -0.05) is 6.92 Å². The third-order valence-corrected chi connectivity index (χ3v) is 8.92. The topological polar surface area (TPSA) is 75.9 Å². The fourth-order valence-corrected chi connectivity index (χ4v) is 6.34. The first-order valence-corrected chi connectivity index (χ1v) is 13.7. The summed E-state index contributed by atoms with van der Waals surface area (Å²) in [6.45, 7) is 3.98. The van der Waals surface area contributed by atoms with Crippen molar-refractivity contribution in [2.45, 2.75) is 88.8 Å². The van der Waals surface area contributed by atoms with Crippen molar-refractivity contribution in [3.05, 3.63) is 69.9 Å². The number of carbonyl (C=O) groups is 1. The minimum Gasteiger partial charge on any atom is -0.320 e. The lowest BCUT2D eigenvalue weighted by molar-refractivity contribution is -0.138. The van der Waals surface area contributed by atoms with Crippen LogP contribution in [0.4, 0.5) is 23.4 Å². The zero-order valence-electron chi connectivity index (χ0n) is 22.8. The average Bonchev–Trinajstić information content (AvgIpc) is 3.46. The van der Waals surface area contributed by atoms with E-state index in [0.29, 0.717) is 23.5 Å². The van der Waals surface area contributed by atoms with Crippen LogP contribution >= 0.6 is 0 Å². The quantitative estimate of drug-likeness (QED) is 0.395. The third kappa shape index (κ3) is 4.38. The first-order valence-electron chi connectivity index (χ1n) is 13.7.